The van der Waals surface area contributed by atoms with Gasteiger partial charge in [0.25, 0.3) is 11.1 Å². The Morgan fingerprint density at radius 1 is 1.10 bits per heavy atom. The van der Waals surface area contributed by atoms with Crippen molar-refractivity contribution >= 4 is 51.9 Å². The second-order valence-electron chi connectivity index (χ2n) is 4.03. The minimum atomic E-state index is -0.340. The summed E-state index contributed by atoms with van der Waals surface area (Å²) >= 11 is 8.60. The molecular formula is C14H8ClNO2S2. The van der Waals surface area contributed by atoms with Crippen molar-refractivity contribution in [2.45, 2.75) is 0 Å². The number of carbonyl (C=O) groups is 2. The third-order valence-corrected chi connectivity index (χ3v) is 4.89. The first kappa shape index (κ1) is 13.4. The summed E-state index contributed by atoms with van der Waals surface area (Å²) in [6.45, 7) is 0. The van der Waals surface area contributed by atoms with Gasteiger partial charge in [0.05, 0.1) is 4.91 Å². The Hall–Kier alpha value is -1.56. The molecule has 0 unspecified atom stereocenters. The Morgan fingerprint density at radius 3 is 2.60 bits per heavy atom. The molecule has 3 nitrogen and oxygen atoms in total. The van der Waals surface area contributed by atoms with Crippen molar-refractivity contribution < 1.29 is 9.59 Å². The minimum Gasteiger partial charge on any atom is -0.282 e. The van der Waals surface area contributed by atoms with Crippen LogP contribution in [-0.2, 0) is 4.79 Å². The highest BCUT2D eigenvalue weighted by atomic mass is 35.5. The smallest absolute Gasteiger partial charge is 0.282 e. The summed E-state index contributed by atoms with van der Waals surface area (Å²) in [6.07, 6.45) is 1.72. The van der Waals surface area contributed by atoms with Gasteiger partial charge in [-0.3, -0.25) is 14.9 Å². The molecule has 1 saturated heterocycles. The average Bonchev–Trinajstić information content (AvgIpc) is 2.98. The van der Waals surface area contributed by atoms with E-state index in [2.05, 4.69) is 5.32 Å². The van der Waals surface area contributed by atoms with Gasteiger partial charge in [0, 0.05) is 20.3 Å². The molecule has 20 heavy (non-hydrogen) atoms. The molecule has 1 fully saturated rings. The molecule has 1 aliphatic rings. The van der Waals surface area contributed by atoms with Crippen LogP contribution in [0.3, 0.4) is 0 Å². The molecule has 6 heteroatoms. The van der Waals surface area contributed by atoms with Gasteiger partial charge in [-0.15, -0.1) is 11.3 Å². The predicted molar refractivity (Wildman–Crippen MR) is 83.9 cm³/mol. The van der Waals surface area contributed by atoms with E-state index in [1.54, 1.807) is 6.08 Å². The summed E-state index contributed by atoms with van der Waals surface area (Å²) in [4.78, 5) is 24.9. The highest BCUT2D eigenvalue weighted by Gasteiger charge is 2.25. The number of nitrogens with one attached hydrogen (secondary N) is 1. The summed E-state index contributed by atoms with van der Waals surface area (Å²) in [5.74, 6) is -0.340. The molecule has 2 aromatic rings. The fourth-order valence-electron chi connectivity index (χ4n) is 1.79. The van der Waals surface area contributed by atoms with Gasteiger partial charge in [0.2, 0.25) is 0 Å². The molecule has 2 amide bonds. The first-order chi connectivity index (χ1) is 9.63. The maximum atomic E-state index is 11.5. The molecule has 2 heterocycles. The Kier molecular flexibility index (Phi) is 3.65. The average molecular weight is 322 g/mol. The summed E-state index contributed by atoms with van der Waals surface area (Å²) in [6, 6.07) is 11.5. The third kappa shape index (κ3) is 2.65. The van der Waals surface area contributed by atoms with E-state index < -0.39 is 0 Å². The number of amides is 2. The van der Waals surface area contributed by atoms with Crippen LogP contribution in [0.2, 0.25) is 5.02 Å². The van der Waals surface area contributed by atoms with Crippen LogP contribution in [0.5, 0.6) is 0 Å². The van der Waals surface area contributed by atoms with Gasteiger partial charge in [-0.25, -0.2) is 0 Å². The Balaban J connectivity index is 1.92. The van der Waals surface area contributed by atoms with Gasteiger partial charge in [-0.05, 0) is 36.0 Å². The van der Waals surface area contributed by atoms with Crippen molar-refractivity contribution in [3.05, 3.63) is 51.2 Å². The van der Waals surface area contributed by atoms with Crippen LogP contribution in [0.15, 0.2) is 41.3 Å². The lowest BCUT2D eigenvalue weighted by molar-refractivity contribution is -0.115. The number of imide groups is 1. The monoisotopic (exact) mass is 321 g/mol. The molecule has 0 radical (unpaired) electrons. The Morgan fingerprint density at radius 2 is 1.90 bits per heavy atom. The lowest BCUT2D eigenvalue weighted by atomic mass is 10.2. The molecule has 0 atom stereocenters. The SMILES string of the molecule is O=C1NC(=O)/C(=C/c2ccc(-c3ccccc3Cl)s2)S1. The molecule has 100 valence electrons. The third-order valence-electron chi connectivity index (χ3n) is 2.68. The van der Waals surface area contributed by atoms with Crippen LogP contribution in [0.4, 0.5) is 4.79 Å². The molecule has 1 aliphatic heterocycles. The fraction of sp³-hybridized carbons (Fsp3) is 0. The van der Waals surface area contributed by atoms with E-state index in [9.17, 15) is 9.59 Å². The first-order valence-corrected chi connectivity index (χ1v) is 7.74. The van der Waals surface area contributed by atoms with Crippen molar-refractivity contribution in [2.24, 2.45) is 0 Å². The number of hydrogen-bond donors (Lipinski definition) is 1. The Labute approximate surface area is 128 Å². The zero-order valence-corrected chi connectivity index (χ0v) is 12.4. The zero-order chi connectivity index (χ0) is 14.1. The topological polar surface area (TPSA) is 46.2 Å². The summed E-state index contributed by atoms with van der Waals surface area (Å²) in [5.41, 5.74) is 0.961. The van der Waals surface area contributed by atoms with E-state index in [-0.39, 0.29) is 11.1 Å². The predicted octanol–water partition coefficient (Wildman–Crippen LogP) is 4.39. The lowest BCUT2D eigenvalue weighted by Crippen LogP contribution is -2.17. The second-order valence-corrected chi connectivity index (χ2v) is 6.57. The lowest BCUT2D eigenvalue weighted by Gasteiger charge is -1.99. The fourth-order valence-corrected chi connectivity index (χ4v) is 3.82. The zero-order valence-electron chi connectivity index (χ0n) is 10.1. The maximum Gasteiger partial charge on any atom is 0.290 e. The van der Waals surface area contributed by atoms with Crippen molar-refractivity contribution in [1.82, 2.24) is 5.32 Å². The standard InChI is InChI=1S/C14H8ClNO2S2/c15-10-4-2-1-3-9(10)11-6-5-8(19-11)7-12-13(17)16-14(18)20-12/h1-7H,(H,16,17,18)/b12-7-. The van der Waals surface area contributed by atoms with Gasteiger partial charge in [0.1, 0.15) is 0 Å². The number of carbonyl (C=O) groups excluding carboxylic acids is 2. The Bertz CT molecular complexity index is 736. The highest BCUT2D eigenvalue weighted by molar-refractivity contribution is 8.18. The van der Waals surface area contributed by atoms with Crippen molar-refractivity contribution in [1.29, 1.82) is 0 Å². The van der Waals surface area contributed by atoms with E-state index >= 15 is 0 Å². The largest absolute Gasteiger partial charge is 0.290 e. The number of halogens is 1. The quantitative estimate of drug-likeness (QED) is 0.834. The van der Waals surface area contributed by atoms with Crippen LogP contribution in [-0.4, -0.2) is 11.1 Å². The van der Waals surface area contributed by atoms with Crippen molar-refractivity contribution in [2.75, 3.05) is 0 Å². The molecule has 0 saturated carbocycles. The number of thiophene rings is 1. The molecule has 3 rings (SSSR count). The van der Waals surface area contributed by atoms with Crippen LogP contribution in [0.1, 0.15) is 4.88 Å². The van der Waals surface area contributed by atoms with Crippen molar-refractivity contribution in [3.8, 4) is 10.4 Å². The summed E-state index contributed by atoms with van der Waals surface area (Å²) in [7, 11) is 0. The molecule has 0 bridgehead atoms. The summed E-state index contributed by atoms with van der Waals surface area (Å²) in [5, 5.41) is 2.60. The number of thioether (sulfide) groups is 1. The molecule has 1 aromatic heterocycles. The van der Waals surface area contributed by atoms with E-state index in [1.807, 2.05) is 36.4 Å². The highest BCUT2D eigenvalue weighted by Crippen LogP contribution is 2.35. The molecule has 0 aliphatic carbocycles. The van der Waals surface area contributed by atoms with Gasteiger partial charge in [-0.2, -0.15) is 0 Å². The molecule has 1 N–H and O–H groups in total. The first-order valence-electron chi connectivity index (χ1n) is 5.73. The number of rotatable bonds is 2. The van der Waals surface area contributed by atoms with E-state index in [0.717, 1.165) is 27.1 Å². The van der Waals surface area contributed by atoms with Gasteiger partial charge in [0.15, 0.2) is 0 Å². The number of benzene rings is 1. The minimum absolute atomic E-state index is 0.330. The van der Waals surface area contributed by atoms with E-state index in [4.69, 9.17) is 11.6 Å². The second kappa shape index (κ2) is 5.44. The van der Waals surface area contributed by atoms with Gasteiger partial charge in [-0.1, -0.05) is 29.8 Å². The van der Waals surface area contributed by atoms with Crippen LogP contribution in [0.25, 0.3) is 16.5 Å². The normalized spacial score (nSPS) is 16.8. The molecular weight excluding hydrogens is 314 g/mol. The summed E-state index contributed by atoms with van der Waals surface area (Å²) < 4.78 is 0. The van der Waals surface area contributed by atoms with Crippen LogP contribution >= 0.6 is 34.7 Å². The van der Waals surface area contributed by atoms with Gasteiger partial charge >= 0.3 is 0 Å². The van der Waals surface area contributed by atoms with Crippen LogP contribution in [0, 0.1) is 0 Å². The maximum absolute atomic E-state index is 11.5. The number of hydrogen-bond acceptors (Lipinski definition) is 4. The van der Waals surface area contributed by atoms with Crippen molar-refractivity contribution in [3.63, 3.8) is 0 Å². The van der Waals surface area contributed by atoms with E-state index in [1.165, 1.54) is 11.3 Å². The molecule has 1 aromatic carbocycles. The molecule has 0 spiro atoms. The van der Waals surface area contributed by atoms with Gasteiger partial charge < -0.3 is 0 Å². The van der Waals surface area contributed by atoms with E-state index in [0.29, 0.717) is 9.93 Å². The van der Waals surface area contributed by atoms with Crippen LogP contribution < -0.4 is 5.32 Å².